The van der Waals surface area contributed by atoms with Gasteiger partial charge in [-0.2, -0.15) is 0 Å². The van der Waals surface area contributed by atoms with Gasteiger partial charge in [-0.3, -0.25) is 0 Å². The molecule has 0 bridgehead atoms. The number of esters is 1. The summed E-state index contributed by atoms with van der Waals surface area (Å²) in [6.45, 7) is 4.08. The van der Waals surface area contributed by atoms with E-state index in [1.807, 2.05) is 26.0 Å². The van der Waals surface area contributed by atoms with E-state index in [9.17, 15) is 4.79 Å². The molecule has 0 amide bonds. The minimum atomic E-state index is -0.836. The van der Waals surface area contributed by atoms with Crippen molar-refractivity contribution in [1.29, 1.82) is 0 Å². The number of methoxy groups -OCH3 is 1. The number of rotatable bonds is 3. The lowest BCUT2D eigenvalue weighted by atomic mass is 9.91. The van der Waals surface area contributed by atoms with Crippen molar-refractivity contribution in [3.63, 3.8) is 0 Å². The van der Waals surface area contributed by atoms with Gasteiger partial charge in [-0.05, 0) is 31.0 Å². The first kappa shape index (κ1) is 13.4. The normalized spacial score (nSPS) is 21.3. The highest BCUT2D eigenvalue weighted by atomic mass is 79.9. The van der Waals surface area contributed by atoms with Gasteiger partial charge >= 0.3 is 5.97 Å². The zero-order chi connectivity index (χ0) is 13.3. The van der Waals surface area contributed by atoms with E-state index < -0.39 is 5.60 Å². The van der Waals surface area contributed by atoms with Crippen LogP contribution in [-0.4, -0.2) is 18.7 Å². The molecule has 0 saturated heterocycles. The SMILES string of the molecule is CCCC1(C(=O)OC)Cc2c(C)cc(Br)cc2O1. The Hall–Kier alpha value is -1.03. The number of carbonyl (C=O) groups excluding carboxylic acids is 1. The van der Waals surface area contributed by atoms with Gasteiger partial charge in [-0.25, -0.2) is 4.79 Å². The summed E-state index contributed by atoms with van der Waals surface area (Å²) in [5.41, 5.74) is 1.41. The van der Waals surface area contributed by atoms with Crippen molar-refractivity contribution in [1.82, 2.24) is 0 Å². The van der Waals surface area contributed by atoms with Gasteiger partial charge in [0, 0.05) is 16.5 Å². The van der Waals surface area contributed by atoms with Gasteiger partial charge in [0.15, 0.2) is 0 Å². The molecule has 0 N–H and O–H groups in total. The van der Waals surface area contributed by atoms with Crippen LogP contribution in [0.2, 0.25) is 0 Å². The summed E-state index contributed by atoms with van der Waals surface area (Å²) in [4.78, 5) is 12.0. The molecule has 0 aliphatic carbocycles. The average Bonchev–Trinajstić information content (AvgIpc) is 2.68. The molecule has 3 nitrogen and oxygen atoms in total. The van der Waals surface area contributed by atoms with Crippen molar-refractivity contribution < 1.29 is 14.3 Å². The number of benzene rings is 1. The summed E-state index contributed by atoms with van der Waals surface area (Å²) in [5, 5.41) is 0. The van der Waals surface area contributed by atoms with Crippen LogP contribution in [0.3, 0.4) is 0 Å². The molecule has 4 heteroatoms. The molecule has 98 valence electrons. The van der Waals surface area contributed by atoms with E-state index in [0.717, 1.165) is 27.8 Å². The third-order valence-electron chi connectivity index (χ3n) is 3.38. The van der Waals surface area contributed by atoms with Crippen LogP contribution in [0.15, 0.2) is 16.6 Å². The lowest BCUT2D eigenvalue weighted by molar-refractivity contribution is -0.158. The first-order chi connectivity index (χ1) is 8.52. The van der Waals surface area contributed by atoms with Crippen LogP contribution in [0.1, 0.15) is 30.9 Å². The largest absolute Gasteiger partial charge is 0.475 e. The molecule has 0 saturated carbocycles. The van der Waals surface area contributed by atoms with Crippen LogP contribution in [0, 0.1) is 6.92 Å². The molecule has 0 fully saturated rings. The smallest absolute Gasteiger partial charge is 0.350 e. The van der Waals surface area contributed by atoms with E-state index in [2.05, 4.69) is 15.9 Å². The Labute approximate surface area is 116 Å². The van der Waals surface area contributed by atoms with Crippen LogP contribution in [0.5, 0.6) is 5.75 Å². The molecule has 1 aromatic rings. The first-order valence-electron chi connectivity index (χ1n) is 6.09. The Balaban J connectivity index is 2.41. The van der Waals surface area contributed by atoms with Crippen LogP contribution in [0.4, 0.5) is 0 Å². The summed E-state index contributed by atoms with van der Waals surface area (Å²) < 4.78 is 11.8. The summed E-state index contributed by atoms with van der Waals surface area (Å²) in [7, 11) is 1.41. The third kappa shape index (κ3) is 2.14. The fourth-order valence-electron chi connectivity index (χ4n) is 2.54. The highest BCUT2D eigenvalue weighted by Gasteiger charge is 2.47. The van der Waals surface area contributed by atoms with Gasteiger partial charge in [0.05, 0.1) is 7.11 Å². The predicted octanol–water partition coefficient (Wildman–Crippen LogP) is 3.40. The third-order valence-corrected chi connectivity index (χ3v) is 3.83. The van der Waals surface area contributed by atoms with Crippen LogP contribution < -0.4 is 4.74 Å². The van der Waals surface area contributed by atoms with Gasteiger partial charge in [0.25, 0.3) is 0 Å². The minimum absolute atomic E-state index is 0.281. The van der Waals surface area contributed by atoms with Crippen molar-refractivity contribution in [2.45, 2.75) is 38.7 Å². The quantitative estimate of drug-likeness (QED) is 0.802. The van der Waals surface area contributed by atoms with E-state index in [0.29, 0.717) is 12.8 Å². The first-order valence-corrected chi connectivity index (χ1v) is 6.88. The van der Waals surface area contributed by atoms with Gasteiger partial charge in [-0.1, -0.05) is 29.3 Å². The number of hydrogen-bond donors (Lipinski definition) is 0. The Morgan fingerprint density at radius 1 is 1.56 bits per heavy atom. The van der Waals surface area contributed by atoms with E-state index in [1.54, 1.807) is 0 Å². The van der Waals surface area contributed by atoms with Gasteiger partial charge in [-0.15, -0.1) is 0 Å². The number of fused-ring (bicyclic) bond motifs is 1. The number of hydrogen-bond acceptors (Lipinski definition) is 3. The van der Waals surface area contributed by atoms with E-state index in [1.165, 1.54) is 7.11 Å². The maximum Gasteiger partial charge on any atom is 0.350 e. The van der Waals surface area contributed by atoms with Crippen LogP contribution in [0.25, 0.3) is 0 Å². The van der Waals surface area contributed by atoms with Crippen molar-refractivity contribution in [3.8, 4) is 5.75 Å². The second kappa shape index (κ2) is 4.92. The summed E-state index contributed by atoms with van der Waals surface area (Å²) >= 11 is 3.45. The van der Waals surface area contributed by atoms with Crippen molar-refractivity contribution in [3.05, 3.63) is 27.7 Å². The Morgan fingerprint density at radius 3 is 2.89 bits per heavy atom. The monoisotopic (exact) mass is 312 g/mol. The molecule has 1 aliphatic rings. The van der Waals surface area contributed by atoms with Crippen molar-refractivity contribution in [2.24, 2.45) is 0 Å². The molecule has 1 unspecified atom stereocenters. The van der Waals surface area contributed by atoms with E-state index in [4.69, 9.17) is 9.47 Å². The molecule has 0 spiro atoms. The summed E-state index contributed by atoms with van der Waals surface area (Å²) in [5.74, 6) is 0.511. The topological polar surface area (TPSA) is 35.5 Å². The molecule has 18 heavy (non-hydrogen) atoms. The Kier molecular flexibility index (Phi) is 3.66. The fourth-order valence-corrected chi connectivity index (χ4v) is 3.09. The number of halogens is 1. The summed E-state index contributed by atoms with van der Waals surface area (Å²) in [6.07, 6.45) is 2.15. The molecule has 1 aliphatic heterocycles. The molecule has 2 rings (SSSR count). The van der Waals surface area contributed by atoms with E-state index in [-0.39, 0.29) is 5.97 Å². The molecular formula is C14H17BrO3. The highest BCUT2D eigenvalue weighted by Crippen LogP contribution is 2.41. The molecule has 1 aromatic carbocycles. The van der Waals surface area contributed by atoms with Crippen molar-refractivity contribution in [2.75, 3.05) is 7.11 Å². The Bertz CT molecular complexity index is 484. The standard InChI is InChI=1S/C14H17BrO3/c1-4-5-14(13(16)17-3)8-11-9(2)6-10(15)7-12(11)18-14/h6-7H,4-5,8H2,1-3H3. The average molecular weight is 313 g/mol. The van der Waals surface area contributed by atoms with Gasteiger partial charge in [0.2, 0.25) is 5.60 Å². The zero-order valence-electron chi connectivity index (χ0n) is 10.9. The zero-order valence-corrected chi connectivity index (χ0v) is 12.5. The lowest BCUT2D eigenvalue weighted by Gasteiger charge is -2.25. The Morgan fingerprint density at radius 2 is 2.28 bits per heavy atom. The second-order valence-corrected chi connectivity index (χ2v) is 5.63. The van der Waals surface area contributed by atoms with E-state index >= 15 is 0 Å². The van der Waals surface area contributed by atoms with Crippen LogP contribution in [-0.2, 0) is 16.0 Å². The fraction of sp³-hybridized carbons (Fsp3) is 0.500. The number of carbonyl (C=O) groups is 1. The lowest BCUT2D eigenvalue weighted by Crippen LogP contribution is -2.44. The predicted molar refractivity (Wildman–Crippen MR) is 72.9 cm³/mol. The van der Waals surface area contributed by atoms with Crippen LogP contribution >= 0.6 is 15.9 Å². The highest BCUT2D eigenvalue weighted by molar-refractivity contribution is 9.10. The minimum Gasteiger partial charge on any atom is -0.475 e. The summed E-state index contributed by atoms with van der Waals surface area (Å²) in [6, 6.07) is 3.96. The maximum atomic E-state index is 12.0. The molecule has 1 heterocycles. The molecular weight excluding hydrogens is 296 g/mol. The van der Waals surface area contributed by atoms with Gasteiger partial charge < -0.3 is 9.47 Å². The second-order valence-electron chi connectivity index (χ2n) is 4.71. The maximum absolute atomic E-state index is 12.0. The number of ether oxygens (including phenoxy) is 2. The number of aryl methyl sites for hydroxylation is 1. The van der Waals surface area contributed by atoms with Gasteiger partial charge in [0.1, 0.15) is 5.75 Å². The van der Waals surface area contributed by atoms with Crippen molar-refractivity contribution >= 4 is 21.9 Å². The molecule has 0 radical (unpaired) electrons. The molecule has 1 atom stereocenters. The molecule has 0 aromatic heterocycles.